The minimum atomic E-state index is -0.170. The minimum absolute atomic E-state index is 0.0180. The number of carbonyl (C=O) groups excluding carboxylic acids is 1. The molecule has 24 heavy (non-hydrogen) atoms. The Bertz CT molecular complexity index is 549. The summed E-state index contributed by atoms with van der Waals surface area (Å²) in [6.45, 7) is 5.81. The van der Waals surface area contributed by atoms with Crippen molar-refractivity contribution in [2.24, 2.45) is 0 Å². The van der Waals surface area contributed by atoms with Gasteiger partial charge >= 0.3 is 0 Å². The van der Waals surface area contributed by atoms with Gasteiger partial charge in [0.2, 0.25) is 11.8 Å². The summed E-state index contributed by atoms with van der Waals surface area (Å²) in [6.07, 6.45) is 0.790. The molecule has 1 aromatic heterocycles. The molecule has 1 N–H and O–H groups in total. The van der Waals surface area contributed by atoms with Gasteiger partial charge in [0.25, 0.3) is 0 Å². The lowest BCUT2D eigenvalue weighted by Crippen LogP contribution is -2.46. The van der Waals surface area contributed by atoms with Crippen LogP contribution in [0.4, 0.5) is 0 Å². The first-order valence-corrected chi connectivity index (χ1v) is 9.50. The molecule has 0 radical (unpaired) electrons. The van der Waals surface area contributed by atoms with Crippen LogP contribution < -0.4 is 5.32 Å². The molecule has 2 saturated heterocycles. The van der Waals surface area contributed by atoms with E-state index in [2.05, 4.69) is 20.4 Å². The first kappa shape index (κ1) is 17.7. The van der Waals surface area contributed by atoms with E-state index in [0.717, 1.165) is 44.2 Å². The summed E-state index contributed by atoms with van der Waals surface area (Å²) in [4.78, 5) is 21.1. The SMILES string of the molecule is COC(C)c1noc(CN2CCCN(C(=O)C3CSCN3)CC2)n1. The van der Waals surface area contributed by atoms with Gasteiger partial charge < -0.3 is 14.2 Å². The van der Waals surface area contributed by atoms with Crippen molar-refractivity contribution in [3.05, 3.63) is 11.7 Å². The van der Waals surface area contributed by atoms with E-state index in [0.29, 0.717) is 18.3 Å². The highest BCUT2D eigenvalue weighted by Gasteiger charge is 2.28. The van der Waals surface area contributed by atoms with Crippen LogP contribution in [-0.2, 0) is 16.1 Å². The molecule has 8 nitrogen and oxygen atoms in total. The number of thioether (sulfide) groups is 1. The number of methoxy groups -OCH3 is 1. The van der Waals surface area contributed by atoms with Gasteiger partial charge in [-0.25, -0.2) is 0 Å². The van der Waals surface area contributed by atoms with Crippen LogP contribution in [-0.4, -0.2) is 76.8 Å². The zero-order chi connectivity index (χ0) is 16.9. The maximum absolute atomic E-state index is 12.5. The monoisotopic (exact) mass is 355 g/mol. The van der Waals surface area contributed by atoms with E-state index in [9.17, 15) is 4.79 Å². The number of hydrogen-bond acceptors (Lipinski definition) is 8. The largest absolute Gasteiger partial charge is 0.374 e. The Labute approximate surface area is 146 Å². The number of aromatic nitrogens is 2. The van der Waals surface area contributed by atoms with Crippen LogP contribution in [0.1, 0.15) is 31.2 Å². The lowest BCUT2D eigenvalue weighted by molar-refractivity contribution is -0.132. The van der Waals surface area contributed by atoms with Gasteiger partial charge in [0, 0.05) is 44.9 Å². The topological polar surface area (TPSA) is 83.7 Å². The second-order valence-corrected chi connectivity index (χ2v) is 7.18. The van der Waals surface area contributed by atoms with Crippen molar-refractivity contribution < 1.29 is 14.1 Å². The summed E-state index contributed by atoms with van der Waals surface area (Å²) >= 11 is 1.78. The molecule has 0 spiro atoms. The average molecular weight is 355 g/mol. The van der Waals surface area contributed by atoms with Crippen LogP contribution in [0.3, 0.4) is 0 Å². The molecule has 1 amide bonds. The molecule has 2 fully saturated rings. The van der Waals surface area contributed by atoms with E-state index in [1.54, 1.807) is 18.9 Å². The number of rotatable bonds is 5. The molecule has 3 rings (SSSR count). The molecular weight excluding hydrogens is 330 g/mol. The third-order valence-corrected chi connectivity index (χ3v) is 5.41. The molecule has 2 atom stereocenters. The van der Waals surface area contributed by atoms with Crippen LogP contribution in [0.15, 0.2) is 4.52 Å². The zero-order valence-corrected chi connectivity index (χ0v) is 15.0. The van der Waals surface area contributed by atoms with Gasteiger partial charge in [-0.3, -0.25) is 15.0 Å². The second kappa shape index (κ2) is 8.28. The molecule has 1 aromatic rings. The van der Waals surface area contributed by atoms with Gasteiger partial charge in [-0.15, -0.1) is 11.8 Å². The van der Waals surface area contributed by atoms with Gasteiger partial charge in [0.1, 0.15) is 6.10 Å². The van der Waals surface area contributed by atoms with Crippen molar-refractivity contribution in [2.75, 3.05) is 44.9 Å². The highest BCUT2D eigenvalue weighted by Crippen LogP contribution is 2.15. The van der Waals surface area contributed by atoms with Gasteiger partial charge in [-0.05, 0) is 13.3 Å². The van der Waals surface area contributed by atoms with Gasteiger partial charge in [0.05, 0.1) is 12.6 Å². The highest BCUT2D eigenvalue weighted by atomic mass is 32.2. The number of hydrogen-bond donors (Lipinski definition) is 1. The number of nitrogens with zero attached hydrogens (tertiary/aromatic N) is 4. The van der Waals surface area contributed by atoms with E-state index in [-0.39, 0.29) is 18.1 Å². The third-order valence-electron chi connectivity index (χ3n) is 4.47. The predicted octanol–water partition coefficient (Wildman–Crippen LogP) is 0.474. The maximum atomic E-state index is 12.5. The minimum Gasteiger partial charge on any atom is -0.374 e. The summed E-state index contributed by atoms with van der Waals surface area (Å²) in [7, 11) is 1.62. The first-order valence-electron chi connectivity index (χ1n) is 8.35. The highest BCUT2D eigenvalue weighted by molar-refractivity contribution is 7.99. The van der Waals surface area contributed by atoms with E-state index in [1.807, 2.05) is 11.8 Å². The summed E-state index contributed by atoms with van der Waals surface area (Å²) < 4.78 is 10.5. The van der Waals surface area contributed by atoms with Crippen molar-refractivity contribution in [2.45, 2.75) is 32.0 Å². The van der Waals surface area contributed by atoms with Crippen molar-refractivity contribution in [3.63, 3.8) is 0 Å². The molecule has 2 unspecified atom stereocenters. The predicted molar refractivity (Wildman–Crippen MR) is 90.4 cm³/mol. The van der Waals surface area contributed by atoms with E-state index in [1.165, 1.54) is 0 Å². The molecule has 0 bridgehead atoms. The number of ether oxygens (including phenoxy) is 1. The Balaban J connectivity index is 1.51. The summed E-state index contributed by atoms with van der Waals surface area (Å²) in [6, 6.07) is -0.0180. The smallest absolute Gasteiger partial charge is 0.240 e. The molecule has 3 heterocycles. The van der Waals surface area contributed by atoms with E-state index in [4.69, 9.17) is 9.26 Å². The Morgan fingerprint density at radius 1 is 1.46 bits per heavy atom. The van der Waals surface area contributed by atoms with Crippen molar-refractivity contribution in [3.8, 4) is 0 Å². The van der Waals surface area contributed by atoms with Crippen molar-refractivity contribution >= 4 is 17.7 Å². The van der Waals surface area contributed by atoms with Gasteiger partial charge in [0.15, 0.2) is 5.82 Å². The van der Waals surface area contributed by atoms with Crippen LogP contribution in [0.2, 0.25) is 0 Å². The van der Waals surface area contributed by atoms with Crippen LogP contribution in [0.5, 0.6) is 0 Å². The molecule has 134 valence electrons. The molecule has 0 saturated carbocycles. The Morgan fingerprint density at radius 2 is 2.33 bits per heavy atom. The molecule has 2 aliphatic heterocycles. The number of amides is 1. The second-order valence-electron chi connectivity index (χ2n) is 6.15. The van der Waals surface area contributed by atoms with Crippen molar-refractivity contribution in [1.82, 2.24) is 25.3 Å². The van der Waals surface area contributed by atoms with Gasteiger partial charge in [-0.2, -0.15) is 4.98 Å². The fourth-order valence-corrected chi connectivity index (χ4v) is 3.85. The lowest BCUT2D eigenvalue weighted by Gasteiger charge is -2.24. The standard InChI is InChI=1S/C15H25N5O3S/c1-11(22-2)14-17-13(23-18-14)8-19-4-3-5-20(7-6-19)15(21)12-9-24-10-16-12/h11-12,16H,3-10H2,1-2H3. The summed E-state index contributed by atoms with van der Waals surface area (Å²) in [5.41, 5.74) is 0. The number of nitrogens with one attached hydrogen (secondary N) is 1. The van der Waals surface area contributed by atoms with Gasteiger partial charge in [-0.1, -0.05) is 5.16 Å². The van der Waals surface area contributed by atoms with E-state index < -0.39 is 0 Å². The maximum Gasteiger partial charge on any atom is 0.240 e. The molecule has 0 aromatic carbocycles. The Kier molecular flexibility index (Phi) is 6.09. The average Bonchev–Trinajstić information content (AvgIpc) is 3.23. The molecular formula is C15H25N5O3S. The van der Waals surface area contributed by atoms with E-state index >= 15 is 0 Å². The van der Waals surface area contributed by atoms with Crippen LogP contribution >= 0.6 is 11.8 Å². The molecule has 9 heteroatoms. The van der Waals surface area contributed by atoms with Crippen molar-refractivity contribution in [1.29, 1.82) is 0 Å². The molecule has 2 aliphatic rings. The third kappa shape index (κ3) is 4.27. The molecule has 0 aliphatic carbocycles. The van der Waals surface area contributed by atoms with Crippen LogP contribution in [0, 0.1) is 0 Å². The van der Waals surface area contributed by atoms with Crippen LogP contribution in [0.25, 0.3) is 0 Å². The number of carbonyl (C=O) groups is 1. The Hall–Kier alpha value is -1.16. The normalized spacial score (nSPS) is 24.1. The Morgan fingerprint density at radius 3 is 3.08 bits per heavy atom. The lowest BCUT2D eigenvalue weighted by atomic mass is 10.2. The first-order chi connectivity index (χ1) is 11.7. The summed E-state index contributed by atoms with van der Waals surface area (Å²) in [5, 5.41) is 7.22. The quantitative estimate of drug-likeness (QED) is 0.816. The zero-order valence-electron chi connectivity index (χ0n) is 14.2. The fourth-order valence-electron chi connectivity index (χ4n) is 2.92. The summed E-state index contributed by atoms with van der Waals surface area (Å²) in [5.74, 6) is 3.15. The fraction of sp³-hybridized carbons (Fsp3) is 0.800.